The third-order valence-corrected chi connectivity index (χ3v) is 3.94. The molecule has 1 fully saturated rings. The van der Waals surface area contributed by atoms with Gasteiger partial charge in [-0.2, -0.15) is 0 Å². The Morgan fingerprint density at radius 3 is 3.00 bits per heavy atom. The predicted molar refractivity (Wildman–Crippen MR) is 81.5 cm³/mol. The molecule has 1 aromatic carbocycles. The minimum atomic E-state index is 0.688. The minimum Gasteiger partial charge on any atom is -0.495 e. The van der Waals surface area contributed by atoms with Crippen LogP contribution in [0.3, 0.4) is 0 Å². The van der Waals surface area contributed by atoms with Gasteiger partial charge < -0.3 is 15.0 Å². The van der Waals surface area contributed by atoms with E-state index in [1.165, 1.54) is 18.5 Å². The van der Waals surface area contributed by atoms with Crippen LogP contribution in [0.4, 0.5) is 5.69 Å². The fourth-order valence-electron chi connectivity index (χ4n) is 2.57. The summed E-state index contributed by atoms with van der Waals surface area (Å²) in [7, 11) is 1.65. The monoisotopic (exact) mass is 282 g/mol. The van der Waals surface area contributed by atoms with Gasteiger partial charge in [0.05, 0.1) is 12.1 Å². The fraction of sp³-hybridized carbons (Fsp3) is 0.600. The van der Waals surface area contributed by atoms with Crippen molar-refractivity contribution in [3.63, 3.8) is 0 Å². The Bertz CT molecular complexity index is 411. The molecule has 106 valence electrons. The van der Waals surface area contributed by atoms with Gasteiger partial charge in [0.25, 0.3) is 0 Å². The smallest absolute Gasteiger partial charge is 0.137 e. The van der Waals surface area contributed by atoms with E-state index < -0.39 is 0 Å². The summed E-state index contributed by atoms with van der Waals surface area (Å²) in [6.07, 6.45) is 2.45. The van der Waals surface area contributed by atoms with Crippen molar-refractivity contribution in [2.24, 2.45) is 5.92 Å². The molecule has 3 nitrogen and oxygen atoms in total. The summed E-state index contributed by atoms with van der Waals surface area (Å²) < 4.78 is 5.19. The molecule has 19 heavy (non-hydrogen) atoms. The molecule has 1 saturated heterocycles. The number of methoxy groups -OCH3 is 1. The summed E-state index contributed by atoms with van der Waals surface area (Å²) in [6.45, 7) is 6.66. The molecule has 2 rings (SSSR count). The summed E-state index contributed by atoms with van der Waals surface area (Å²) >= 11 is 6.18. The molecule has 1 aliphatic rings. The van der Waals surface area contributed by atoms with E-state index in [0.29, 0.717) is 5.02 Å². The van der Waals surface area contributed by atoms with Gasteiger partial charge in [0, 0.05) is 18.8 Å². The lowest BCUT2D eigenvalue weighted by Crippen LogP contribution is -2.26. The Hall–Kier alpha value is -0.930. The van der Waals surface area contributed by atoms with Crippen LogP contribution in [-0.2, 0) is 0 Å². The number of rotatable bonds is 6. The Kier molecular flexibility index (Phi) is 5.34. The molecule has 1 aliphatic heterocycles. The highest BCUT2D eigenvalue weighted by molar-refractivity contribution is 6.32. The Labute approximate surface area is 120 Å². The summed E-state index contributed by atoms with van der Waals surface area (Å²) in [4.78, 5) is 2.41. The van der Waals surface area contributed by atoms with E-state index in [9.17, 15) is 0 Å². The topological polar surface area (TPSA) is 24.5 Å². The molecule has 4 heteroatoms. The molecule has 1 N–H and O–H groups in total. The van der Waals surface area contributed by atoms with Crippen LogP contribution in [0.25, 0.3) is 0 Å². The average molecular weight is 283 g/mol. The second-order valence-corrected chi connectivity index (χ2v) is 5.53. The van der Waals surface area contributed by atoms with E-state index in [2.05, 4.69) is 23.2 Å². The maximum atomic E-state index is 6.18. The average Bonchev–Trinajstić information content (AvgIpc) is 2.88. The first-order chi connectivity index (χ1) is 9.24. The van der Waals surface area contributed by atoms with Crippen LogP contribution in [0, 0.1) is 5.92 Å². The summed E-state index contributed by atoms with van der Waals surface area (Å²) in [5.41, 5.74) is 1.20. The highest BCUT2D eigenvalue weighted by Gasteiger charge is 2.22. The van der Waals surface area contributed by atoms with E-state index in [0.717, 1.165) is 37.8 Å². The molecule has 0 bridgehead atoms. The lowest BCUT2D eigenvalue weighted by molar-refractivity contribution is 0.415. The third kappa shape index (κ3) is 3.77. The molecule has 1 unspecified atom stereocenters. The molecule has 0 aliphatic carbocycles. The van der Waals surface area contributed by atoms with Crippen molar-refractivity contribution in [2.45, 2.75) is 19.8 Å². The Morgan fingerprint density at radius 1 is 1.47 bits per heavy atom. The van der Waals surface area contributed by atoms with Gasteiger partial charge in [-0.3, -0.25) is 0 Å². The van der Waals surface area contributed by atoms with Crippen LogP contribution >= 0.6 is 11.6 Å². The van der Waals surface area contributed by atoms with E-state index in [1.807, 2.05) is 12.1 Å². The van der Waals surface area contributed by atoms with E-state index in [1.54, 1.807) is 7.11 Å². The molecule has 0 amide bonds. The normalized spacial score (nSPS) is 18.9. The zero-order valence-electron chi connectivity index (χ0n) is 11.8. The fourth-order valence-corrected chi connectivity index (χ4v) is 2.82. The van der Waals surface area contributed by atoms with Crippen molar-refractivity contribution in [2.75, 3.05) is 38.2 Å². The quantitative estimate of drug-likeness (QED) is 0.811. The summed E-state index contributed by atoms with van der Waals surface area (Å²) in [6, 6.07) is 6.04. The van der Waals surface area contributed by atoms with Crippen molar-refractivity contribution in [3.8, 4) is 5.75 Å². The molecule has 0 radical (unpaired) electrons. The van der Waals surface area contributed by atoms with Gasteiger partial charge in [-0.25, -0.2) is 0 Å². The Morgan fingerprint density at radius 2 is 2.32 bits per heavy atom. The van der Waals surface area contributed by atoms with Crippen molar-refractivity contribution in [1.82, 2.24) is 5.32 Å². The van der Waals surface area contributed by atoms with Crippen molar-refractivity contribution >= 4 is 17.3 Å². The molecule has 1 atom stereocenters. The second-order valence-electron chi connectivity index (χ2n) is 5.12. The lowest BCUT2D eigenvalue weighted by Gasteiger charge is -2.19. The Balaban J connectivity index is 1.91. The van der Waals surface area contributed by atoms with Gasteiger partial charge in [0.1, 0.15) is 5.75 Å². The van der Waals surface area contributed by atoms with Crippen LogP contribution in [-0.4, -0.2) is 33.3 Å². The number of anilines is 1. The molecular weight excluding hydrogens is 260 g/mol. The van der Waals surface area contributed by atoms with Crippen LogP contribution in [0.2, 0.25) is 5.02 Å². The van der Waals surface area contributed by atoms with Gasteiger partial charge in [0.2, 0.25) is 0 Å². The van der Waals surface area contributed by atoms with Gasteiger partial charge in [-0.15, -0.1) is 0 Å². The highest BCUT2D eigenvalue weighted by Crippen LogP contribution is 2.31. The molecule has 1 aromatic rings. The lowest BCUT2D eigenvalue weighted by atomic mass is 10.1. The van der Waals surface area contributed by atoms with E-state index in [4.69, 9.17) is 16.3 Å². The summed E-state index contributed by atoms with van der Waals surface area (Å²) in [5.74, 6) is 1.48. The van der Waals surface area contributed by atoms with Crippen molar-refractivity contribution < 1.29 is 4.74 Å². The van der Waals surface area contributed by atoms with Crippen molar-refractivity contribution in [3.05, 3.63) is 23.2 Å². The molecule has 1 heterocycles. The second kappa shape index (κ2) is 7.01. The van der Waals surface area contributed by atoms with Gasteiger partial charge in [-0.1, -0.05) is 18.5 Å². The van der Waals surface area contributed by atoms with E-state index >= 15 is 0 Å². The first kappa shape index (κ1) is 14.5. The number of nitrogens with zero attached hydrogens (tertiary/aromatic N) is 1. The zero-order valence-corrected chi connectivity index (χ0v) is 12.5. The first-order valence-corrected chi connectivity index (χ1v) is 7.41. The maximum Gasteiger partial charge on any atom is 0.137 e. The van der Waals surface area contributed by atoms with Crippen LogP contribution in [0.1, 0.15) is 19.8 Å². The molecule has 0 saturated carbocycles. The number of hydrogen-bond acceptors (Lipinski definition) is 3. The molecule has 0 aromatic heterocycles. The molecular formula is C15H23ClN2O. The number of benzene rings is 1. The number of ether oxygens (including phenoxy) is 1. The number of nitrogens with one attached hydrogen (secondary N) is 1. The van der Waals surface area contributed by atoms with Gasteiger partial charge in [-0.05, 0) is 50.0 Å². The SMILES string of the molecule is CCCNCC1CCN(c2ccc(OC)c(Cl)c2)C1. The van der Waals surface area contributed by atoms with Crippen LogP contribution in [0.15, 0.2) is 18.2 Å². The maximum absolute atomic E-state index is 6.18. The minimum absolute atomic E-state index is 0.688. The van der Waals surface area contributed by atoms with E-state index in [-0.39, 0.29) is 0 Å². The standard InChI is InChI=1S/C15H23ClN2O/c1-3-7-17-10-12-6-8-18(11-12)13-4-5-15(19-2)14(16)9-13/h4-5,9,12,17H,3,6-8,10-11H2,1-2H3. The van der Waals surface area contributed by atoms with Gasteiger partial charge in [0.15, 0.2) is 0 Å². The predicted octanol–water partition coefficient (Wildman–Crippen LogP) is 3.17. The number of hydrogen-bond donors (Lipinski definition) is 1. The van der Waals surface area contributed by atoms with Crippen molar-refractivity contribution in [1.29, 1.82) is 0 Å². The largest absolute Gasteiger partial charge is 0.495 e. The van der Waals surface area contributed by atoms with Crippen LogP contribution in [0.5, 0.6) is 5.75 Å². The third-order valence-electron chi connectivity index (χ3n) is 3.65. The zero-order chi connectivity index (χ0) is 13.7. The first-order valence-electron chi connectivity index (χ1n) is 7.03. The molecule has 0 spiro atoms. The highest BCUT2D eigenvalue weighted by atomic mass is 35.5. The summed E-state index contributed by atoms with van der Waals surface area (Å²) in [5, 5.41) is 4.19. The van der Waals surface area contributed by atoms with Crippen LogP contribution < -0.4 is 15.0 Å². The number of halogens is 1. The van der Waals surface area contributed by atoms with Gasteiger partial charge >= 0.3 is 0 Å².